The van der Waals surface area contributed by atoms with Crippen molar-refractivity contribution in [2.24, 2.45) is 4.99 Å². The van der Waals surface area contributed by atoms with Crippen LogP contribution in [0.1, 0.15) is 17.5 Å². The second kappa shape index (κ2) is 8.15. The Labute approximate surface area is 167 Å². The molecule has 1 saturated heterocycles. The fraction of sp³-hybridized carbons (Fsp3) is 0.250. The molecule has 0 aromatic heterocycles. The number of benzene rings is 2. The smallest absolute Gasteiger partial charge is 0.242 e. The first kappa shape index (κ1) is 19.5. The maximum Gasteiger partial charge on any atom is 0.242 e. The van der Waals surface area contributed by atoms with Crippen LogP contribution >= 0.6 is 23.4 Å². The standard InChI is InChI=1S/C20H20ClN3O2S/c1-12-4-7-15(8-5-12)22-18(25)11-17-19(26)24(3)20(27-17)23-16-9-6-14(21)10-13(16)2/h4-10,17H,11H2,1-3H3,(H,22,25). The van der Waals surface area contributed by atoms with E-state index in [9.17, 15) is 9.59 Å². The third-order valence-electron chi connectivity index (χ3n) is 4.22. The molecule has 0 bridgehead atoms. The number of amidine groups is 1. The molecular formula is C20H20ClN3O2S. The summed E-state index contributed by atoms with van der Waals surface area (Å²) in [6, 6.07) is 13.0. The largest absolute Gasteiger partial charge is 0.326 e. The van der Waals surface area contributed by atoms with Crippen LogP contribution in [0.25, 0.3) is 0 Å². The molecule has 1 fully saturated rings. The van der Waals surface area contributed by atoms with Gasteiger partial charge in [-0.1, -0.05) is 41.1 Å². The Morgan fingerprint density at radius 3 is 2.59 bits per heavy atom. The fourth-order valence-electron chi connectivity index (χ4n) is 2.66. The summed E-state index contributed by atoms with van der Waals surface area (Å²) in [5.41, 5.74) is 3.53. The molecule has 1 aliphatic heterocycles. The van der Waals surface area contributed by atoms with Crippen LogP contribution < -0.4 is 5.32 Å². The van der Waals surface area contributed by atoms with E-state index in [0.29, 0.717) is 10.2 Å². The lowest BCUT2D eigenvalue weighted by molar-refractivity contribution is -0.127. The number of hydrogen-bond donors (Lipinski definition) is 1. The summed E-state index contributed by atoms with van der Waals surface area (Å²) >= 11 is 7.29. The zero-order valence-corrected chi connectivity index (χ0v) is 16.9. The molecule has 2 aromatic rings. The zero-order valence-electron chi connectivity index (χ0n) is 15.3. The Balaban J connectivity index is 1.69. The topological polar surface area (TPSA) is 61.8 Å². The van der Waals surface area contributed by atoms with Gasteiger partial charge >= 0.3 is 0 Å². The van der Waals surface area contributed by atoms with E-state index in [4.69, 9.17) is 11.6 Å². The lowest BCUT2D eigenvalue weighted by Gasteiger charge is -2.10. The molecule has 27 heavy (non-hydrogen) atoms. The van der Waals surface area contributed by atoms with Gasteiger partial charge in [0.2, 0.25) is 11.8 Å². The number of carbonyl (C=O) groups is 2. The number of amides is 2. The number of hydrogen-bond acceptors (Lipinski definition) is 4. The number of nitrogens with one attached hydrogen (secondary N) is 1. The van der Waals surface area contributed by atoms with Crippen LogP contribution in [0.2, 0.25) is 5.02 Å². The van der Waals surface area contributed by atoms with Crippen LogP contribution in [0.4, 0.5) is 11.4 Å². The number of rotatable bonds is 4. The van der Waals surface area contributed by atoms with E-state index in [1.54, 1.807) is 13.1 Å². The predicted molar refractivity (Wildman–Crippen MR) is 112 cm³/mol. The summed E-state index contributed by atoms with van der Waals surface area (Å²) in [6.45, 7) is 3.90. The summed E-state index contributed by atoms with van der Waals surface area (Å²) in [6.07, 6.45) is 0.0976. The van der Waals surface area contributed by atoms with Gasteiger partial charge in [0.15, 0.2) is 5.17 Å². The van der Waals surface area contributed by atoms with Gasteiger partial charge in [-0.25, -0.2) is 4.99 Å². The minimum absolute atomic E-state index is 0.0976. The molecule has 2 amide bonds. The van der Waals surface area contributed by atoms with Gasteiger partial charge in [0.25, 0.3) is 0 Å². The molecule has 1 unspecified atom stereocenters. The summed E-state index contributed by atoms with van der Waals surface area (Å²) in [5, 5.41) is 3.58. The number of aliphatic imine (C=N–C) groups is 1. The molecule has 5 nitrogen and oxygen atoms in total. The van der Waals surface area contributed by atoms with Crippen LogP contribution in [-0.4, -0.2) is 34.2 Å². The molecule has 0 aliphatic carbocycles. The minimum Gasteiger partial charge on any atom is -0.326 e. The molecule has 140 valence electrons. The van der Waals surface area contributed by atoms with Crippen molar-refractivity contribution in [2.75, 3.05) is 12.4 Å². The van der Waals surface area contributed by atoms with E-state index in [2.05, 4.69) is 10.3 Å². The van der Waals surface area contributed by atoms with E-state index >= 15 is 0 Å². The van der Waals surface area contributed by atoms with Crippen LogP contribution in [0.5, 0.6) is 0 Å². The highest BCUT2D eigenvalue weighted by atomic mass is 35.5. The van der Waals surface area contributed by atoms with Crippen molar-refractivity contribution in [2.45, 2.75) is 25.5 Å². The summed E-state index contributed by atoms with van der Waals surface area (Å²) in [5.74, 6) is -0.313. The predicted octanol–water partition coefficient (Wildman–Crippen LogP) is 4.55. The maximum absolute atomic E-state index is 12.5. The van der Waals surface area contributed by atoms with Crippen molar-refractivity contribution < 1.29 is 9.59 Å². The van der Waals surface area contributed by atoms with E-state index in [-0.39, 0.29) is 18.2 Å². The van der Waals surface area contributed by atoms with Gasteiger partial charge in [0.1, 0.15) is 5.25 Å². The van der Waals surface area contributed by atoms with Gasteiger partial charge in [0, 0.05) is 24.2 Å². The Morgan fingerprint density at radius 2 is 1.93 bits per heavy atom. The maximum atomic E-state index is 12.5. The zero-order chi connectivity index (χ0) is 19.6. The number of aryl methyl sites for hydroxylation is 2. The highest BCUT2D eigenvalue weighted by molar-refractivity contribution is 8.15. The highest BCUT2D eigenvalue weighted by Gasteiger charge is 2.37. The molecular weight excluding hydrogens is 382 g/mol. The first-order valence-electron chi connectivity index (χ1n) is 8.49. The van der Waals surface area contributed by atoms with Crippen molar-refractivity contribution in [3.8, 4) is 0 Å². The first-order chi connectivity index (χ1) is 12.8. The average Bonchev–Trinajstić information content (AvgIpc) is 2.87. The van der Waals surface area contributed by atoms with Gasteiger partial charge < -0.3 is 5.32 Å². The monoisotopic (exact) mass is 401 g/mol. The molecule has 0 spiro atoms. The fourth-order valence-corrected chi connectivity index (χ4v) is 4.04. The molecule has 7 heteroatoms. The van der Waals surface area contributed by atoms with Crippen LogP contribution in [-0.2, 0) is 9.59 Å². The average molecular weight is 402 g/mol. The van der Waals surface area contributed by atoms with E-state index < -0.39 is 5.25 Å². The molecule has 1 aliphatic rings. The SMILES string of the molecule is Cc1ccc(NC(=O)CC2SC(=Nc3ccc(Cl)cc3C)N(C)C2=O)cc1. The van der Waals surface area contributed by atoms with Gasteiger partial charge in [0.05, 0.1) is 5.69 Å². The molecule has 2 aromatic carbocycles. The molecule has 0 radical (unpaired) electrons. The van der Waals surface area contributed by atoms with Gasteiger partial charge in [-0.2, -0.15) is 0 Å². The van der Waals surface area contributed by atoms with Gasteiger partial charge in [-0.3, -0.25) is 14.5 Å². The molecule has 1 atom stereocenters. The third kappa shape index (κ3) is 4.70. The van der Waals surface area contributed by atoms with Crippen molar-refractivity contribution in [1.82, 2.24) is 4.90 Å². The Morgan fingerprint density at radius 1 is 1.22 bits per heavy atom. The number of anilines is 1. The Hall–Kier alpha value is -2.31. The quantitative estimate of drug-likeness (QED) is 0.817. The normalized spacial score (nSPS) is 18.2. The van der Waals surface area contributed by atoms with Crippen LogP contribution in [0.3, 0.4) is 0 Å². The lowest BCUT2D eigenvalue weighted by atomic mass is 10.2. The highest BCUT2D eigenvalue weighted by Crippen LogP contribution is 2.32. The van der Waals surface area contributed by atoms with Crippen molar-refractivity contribution in [3.63, 3.8) is 0 Å². The summed E-state index contributed by atoms with van der Waals surface area (Å²) < 4.78 is 0. The number of thioether (sulfide) groups is 1. The van der Waals surface area contributed by atoms with Crippen molar-refractivity contribution in [3.05, 3.63) is 58.6 Å². The Kier molecular flexibility index (Phi) is 5.87. The summed E-state index contributed by atoms with van der Waals surface area (Å²) in [7, 11) is 1.68. The van der Waals surface area contributed by atoms with Gasteiger partial charge in [-0.15, -0.1) is 0 Å². The molecule has 1 heterocycles. The van der Waals surface area contributed by atoms with Gasteiger partial charge in [-0.05, 0) is 49.7 Å². The number of nitrogens with zero attached hydrogens (tertiary/aromatic N) is 2. The van der Waals surface area contributed by atoms with Crippen LogP contribution in [0, 0.1) is 13.8 Å². The summed E-state index contributed by atoms with van der Waals surface area (Å²) in [4.78, 5) is 30.9. The molecule has 0 saturated carbocycles. The van der Waals surface area contributed by atoms with Crippen LogP contribution in [0.15, 0.2) is 47.5 Å². The van der Waals surface area contributed by atoms with E-state index in [1.165, 1.54) is 16.7 Å². The van der Waals surface area contributed by atoms with Crippen molar-refractivity contribution >= 4 is 51.7 Å². The third-order valence-corrected chi connectivity index (χ3v) is 5.69. The first-order valence-corrected chi connectivity index (χ1v) is 9.75. The molecule has 3 rings (SSSR count). The second-order valence-electron chi connectivity index (χ2n) is 6.45. The van der Waals surface area contributed by atoms with E-state index in [0.717, 1.165) is 22.5 Å². The van der Waals surface area contributed by atoms with Crippen molar-refractivity contribution in [1.29, 1.82) is 0 Å². The number of carbonyl (C=O) groups excluding carboxylic acids is 2. The lowest BCUT2D eigenvalue weighted by Crippen LogP contribution is -2.30. The minimum atomic E-state index is -0.480. The molecule has 1 N–H and O–H groups in total. The number of halogens is 1. The second-order valence-corrected chi connectivity index (χ2v) is 8.05. The Bertz CT molecular complexity index is 912. The van der Waals surface area contributed by atoms with E-state index in [1.807, 2.05) is 50.2 Å².